The van der Waals surface area contributed by atoms with Crippen molar-refractivity contribution in [1.82, 2.24) is 0 Å². The number of allylic oxidation sites excluding steroid dienone is 1. The maximum absolute atomic E-state index is 11.8. The second kappa shape index (κ2) is 5.18. The van der Waals surface area contributed by atoms with Gasteiger partial charge < -0.3 is 8.85 Å². The Labute approximate surface area is 101 Å². The summed E-state index contributed by atoms with van der Waals surface area (Å²) in [4.78, 5) is 11.8. The highest BCUT2D eigenvalue weighted by Gasteiger charge is 2.23. The molecule has 0 bridgehead atoms. The minimum absolute atomic E-state index is 0.241. The van der Waals surface area contributed by atoms with Crippen LogP contribution in [0.5, 0.6) is 0 Å². The quantitative estimate of drug-likeness (QED) is 0.441. The van der Waals surface area contributed by atoms with E-state index in [9.17, 15) is 4.79 Å². The monoisotopic (exact) mass is 260 g/mol. The highest BCUT2D eigenvalue weighted by molar-refractivity contribution is 6.71. The summed E-state index contributed by atoms with van der Waals surface area (Å²) >= 11 is 0. The molecule has 0 amide bonds. The van der Waals surface area contributed by atoms with Crippen LogP contribution in [0.4, 0.5) is 0 Å². The summed E-state index contributed by atoms with van der Waals surface area (Å²) in [5, 5.41) is 0. The van der Waals surface area contributed by atoms with Crippen molar-refractivity contribution in [3.8, 4) is 0 Å². The Morgan fingerprint density at radius 1 is 0.812 bits per heavy atom. The van der Waals surface area contributed by atoms with Crippen molar-refractivity contribution in [3.63, 3.8) is 0 Å². The number of carbonyl (C=O) groups excluding carboxylic acids is 1. The average molecular weight is 260 g/mol. The van der Waals surface area contributed by atoms with Crippen LogP contribution in [0.2, 0.25) is 39.3 Å². The topological polar surface area (TPSA) is 35.5 Å². The molecule has 94 valence electrons. The molecular formula is C11H24O3Si2. The van der Waals surface area contributed by atoms with E-state index in [2.05, 4.69) is 19.6 Å². The molecule has 0 fully saturated rings. The summed E-state index contributed by atoms with van der Waals surface area (Å²) in [6, 6.07) is 0. The summed E-state index contributed by atoms with van der Waals surface area (Å²) in [6.07, 6.45) is 0. The second-order valence-electron chi connectivity index (χ2n) is 5.90. The summed E-state index contributed by atoms with van der Waals surface area (Å²) in [5.41, 5.74) is 0.588. The standard InChI is InChI=1S/C11H24O3Si2/c1-9(10(2)13-15(3,4)5)11(12)14-16(6,7)8/h1-8H3/b10-9+. The fourth-order valence-corrected chi connectivity index (χ4v) is 2.82. The third-order valence-corrected chi connectivity index (χ3v) is 3.41. The first-order chi connectivity index (χ1) is 6.92. The molecule has 0 unspecified atom stereocenters. The largest absolute Gasteiger partial charge is 0.547 e. The molecule has 0 heterocycles. The molecule has 0 radical (unpaired) electrons. The predicted octanol–water partition coefficient (Wildman–Crippen LogP) is 3.51. The van der Waals surface area contributed by atoms with Crippen molar-refractivity contribution < 1.29 is 13.6 Å². The fourth-order valence-electron chi connectivity index (χ4n) is 1.03. The van der Waals surface area contributed by atoms with Crippen LogP contribution in [0.25, 0.3) is 0 Å². The van der Waals surface area contributed by atoms with Crippen LogP contribution in [-0.4, -0.2) is 22.6 Å². The van der Waals surface area contributed by atoms with E-state index in [1.165, 1.54) is 0 Å². The smallest absolute Gasteiger partial charge is 0.323 e. The van der Waals surface area contributed by atoms with Gasteiger partial charge in [0.1, 0.15) is 0 Å². The highest BCUT2D eigenvalue weighted by Crippen LogP contribution is 2.16. The van der Waals surface area contributed by atoms with E-state index >= 15 is 0 Å². The first kappa shape index (κ1) is 15.4. The van der Waals surface area contributed by atoms with E-state index in [0.29, 0.717) is 11.3 Å². The van der Waals surface area contributed by atoms with Gasteiger partial charge in [0, 0.05) is 0 Å². The summed E-state index contributed by atoms with van der Waals surface area (Å²) in [5.74, 6) is 0.456. The lowest BCUT2D eigenvalue weighted by atomic mass is 10.3. The van der Waals surface area contributed by atoms with Crippen molar-refractivity contribution in [2.24, 2.45) is 0 Å². The third-order valence-electron chi connectivity index (χ3n) is 1.69. The van der Waals surface area contributed by atoms with E-state index in [1.54, 1.807) is 6.92 Å². The van der Waals surface area contributed by atoms with E-state index in [1.807, 2.05) is 26.6 Å². The Kier molecular flexibility index (Phi) is 5.00. The molecule has 0 spiro atoms. The first-order valence-corrected chi connectivity index (χ1v) is 12.3. The van der Waals surface area contributed by atoms with Gasteiger partial charge in [0.05, 0.1) is 11.3 Å². The summed E-state index contributed by atoms with van der Waals surface area (Å²) < 4.78 is 11.2. The zero-order chi connectivity index (χ0) is 13.1. The van der Waals surface area contributed by atoms with Crippen molar-refractivity contribution in [3.05, 3.63) is 11.3 Å². The van der Waals surface area contributed by atoms with Crippen LogP contribution in [0.1, 0.15) is 13.8 Å². The van der Waals surface area contributed by atoms with Crippen LogP contribution in [0.3, 0.4) is 0 Å². The zero-order valence-electron chi connectivity index (χ0n) is 11.7. The van der Waals surface area contributed by atoms with E-state index in [-0.39, 0.29) is 5.97 Å². The van der Waals surface area contributed by atoms with Crippen molar-refractivity contribution in [2.75, 3.05) is 0 Å². The Balaban J connectivity index is 4.70. The summed E-state index contributed by atoms with van der Waals surface area (Å²) in [7, 11) is -3.46. The maximum Gasteiger partial charge on any atom is 0.323 e. The van der Waals surface area contributed by atoms with E-state index in [0.717, 1.165) is 0 Å². The van der Waals surface area contributed by atoms with Crippen molar-refractivity contribution in [1.29, 1.82) is 0 Å². The average Bonchev–Trinajstić information content (AvgIpc) is 1.96. The zero-order valence-corrected chi connectivity index (χ0v) is 13.7. The van der Waals surface area contributed by atoms with Crippen LogP contribution >= 0.6 is 0 Å². The molecule has 0 aliphatic carbocycles. The number of carbonyl (C=O) groups is 1. The maximum atomic E-state index is 11.8. The van der Waals surface area contributed by atoms with Crippen molar-refractivity contribution in [2.45, 2.75) is 53.1 Å². The fraction of sp³-hybridized carbons (Fsp3) is 0.727. The second-order valence-corrected chi connectivity index (χ2v) is 14.8. The Hall–Kier alpha value is -0.556. The lowest BCUT2D eigenvalue weighted by Gasteiger charge is -2.22. The molecule has 0 saturated heterocycles. The van der Waals surface area contributed by atoms with Crippen molar-refractivity contribution >= 4 is 22.6 Å². The van der Waals surface area contributed by atoms with Gasteiger partial charge in [-0.15, -0.1) is 0 Å². The van der Waals surface area contributed by atoms with Gasteiger partial charge in [0.15, 0.2) is 0 Å². The molecule has 0 aromatic rings. The van der Waals surface area contributed by atoms with Gasteiger partial charge in [-0.25, -0.2) is 4.79 Å². The van der Waals surface area contributed by atoms with E-state index in [4.69, 9.17) is 8.85 Å². The third kappa shape index (κ3) is 6.84. The minimum Gasteiger partial charge on any atom is -0.547 e. The molecule has 0 saturated carbocycles. The molecular weight excluding hydrogens is 236 g/mol. The molecule has 0 aromatic carbocycles. The SMILES string of the molecule is C/C(O[Si](C)(C)C)=C(/C)C(=O)O[Si](C)(C)C. The molecule has 0 rings (SSSR count). The lowest BCUT2D eigenvalue weighted by molar-refractivity contribution is -0.130. The minimum atomic E-state index is -1.82. The Morgan fingerprint density at radius 3 is 1.50 bits per heavy atom. The van der Waals surface area contributed by atoms with Crippen LogP contribution in [-0.2, 0) is 13.6 Å². The van der Waals surface area contributed by atoms with Gasteiger partial charge in [0.25, 0.3) is 0 Å². The van der Waals surface area contributed by atoms with Gasteiger partial charge in [-0.1, -0.05) is 0 Å². The van der Waals surface area contributed by atoms with Gasteiger partial charge in [-0.3, -0.25) is 0 Å². The Morgan fingerprint density at radius 2 is 1.19 bits per heavy atom. The molecule has 0 aliphatic rings. The van der Waals surface area contributed by atoms with Gasteiger partial charge in [0.2, 0.25) is 16.6 Å². The molecule has 5 heteroatoms. The predicted molar refractivity (Wildman–Crippen MR) is 72.2 cm³/mol. The number of hydrogen-bond donors (Lipinski definition) is 0. The van der Waals surface area contributed by atoms with Gasteiger partial charge in [-0.05, 0) is 53.1 Å². The highest BCUT2D eigenvalue weighted by atomic mass is 28.4. The van der Waals surface area contributed by atoms with E-state index < -0.39 is 16.6 Å². The summed E-state index contributed by atoms with van der Waals surface area (Å²) in [6.45, 7) is 15.8. The normalized spacial score (nSPS) is 14.2. The molecule has 0 aliphatic heterocycles. The molecule has 3 nitrogen and oxygen atoms in total. The molecule has 0 aromatic heterocycles. The van der Waals surface area contributed by atoms with Gasteiger partial charge >= 0.3 is 5.97 Å². The van der Waals surface area contributed by atoms with Gasteiger partial charge in [-0.2, -0.15) is 0 Å². The Bertz CT molecular complexity index is 295. The van der Waals surface area contributed by atoms with Crippen LogP contribution < -0.4 is 0 Å². The molecule has 0 N–H and O–H groups in total. The molecule has 16 heavy (non-hydrogen) atoms. The first-order valence-electron chi connectivity index (χ1n) is 5.52. The molecule has 0 atom stereocenters. The lowest BCUT2D eigenvalue weighted by Crippen LogP contribution is -2.31. The number of rotatable bonds is 4. The van der Waals surface area contributed by atoms with Crippen LogP contribution in [0.15, 0.2) is 11.3 Å². The number of hydrogen-bond acceptors (Lipinski definition) is 3. The van der Waals surface area contributed by atoms with Crippen LogP contribution in [0, 0.1) is 0 Å².